The van der Waals surface area contributed by atoms with E-state index in [9.17, 15) is 4.79 Å². The van der Waals surface area contributed by atoms with Crippen molar-refractivity contribution in [1.29, 1.82) is 0 Å². The maximum atomic E-state index is 12.4. The van der Waals surface area contributed by atoms with Gasteiger partial charge in [0.05, 0.1) is 6.54 Å². The molecule has 0 N–H and O–H groups in total. The van der Waals surface area contributed by atoms with Crippen molar-refractivity contribution < 1.29 is 4.79 Å². The predicted octanol–water partition coefficient (Wildman–Crippen LogP) is 2.47. The molecule has 0 saturated heterocycles. The molecule has 20 heavy (non-hydrogen) atoms. The quantitative estimate of drug-likeness (QED) is 0.865. The highest BCUT2D eigenvalue weighted by atomic mass is 79.9. The molecule has 1 heterocycles. The number of aryl methyl sites for hydroxylation is 2. The topological polar surface area (TPSA) is 51.0 Å². The van der Waals surface area contributed by atoms with E-state index in [0.717, 1.165) is 21.7 Å². The third kappa shape index (κ3) is 2.90. The monoisotopic (exact) mass is 336 g/mol. The smallest absolute Gasteiger partial charge is 0.254 e. The summed E-state index contributed by atoms with van der Waals surface area (Å²) in [5, 5.41) is 8.07. The van der Waals surface area contributed by atoms with Crippen LogP contribution in [-0.2, 0) is 13.6 Å². The highest BCUT2D eigenvalue weighted by Crippen LogP contribution is 2.18. The van der Waals surface area contributed by atoms with Crippen molar-refractivity contribution >= 4 is 21.8 Å². The van der Waals surface area contributed by atoms with E-state index in [1.165, 1.54) is 0 Å². The molecule has 0 aliphatic rings. The summed E-state index contributed by atoms with van der Waals surface area (Å²) < 4.78 is 2.82. The summed E-state index contributed by atoms with van der Waals surface area (Å²) in [4.78, 5) is 14.0. The van der Waals surface area contributed by atoms with Crippen molar-refractivity contribution in [1.82, 2.24) is 19.7 Å². The van der Waals surface area contributed by atoms with Gasteiger partial charge in [-0.3, -0.25) is 4.79 Å². The van der Waals surface area contributed by atoms with Crippen molar-refractivity contribution in [3.8, 4) is 0 Å². The maximum Gasteiger partial charge on any atom is 0.254 e. The van der Waals surface area contributed by atoms with Gasteiger partial charge in [0, 0.05) is 24.1 Å². The molecule has 0 atom stereocenters. The van der Waals surface area contributed by atoms with E-state index in [2.05, 4.69) is 26.1 Å². The first-order valence-corrected chi connectivity index (χ1v) is 7.06. The van der Waals surface area contributed by atoms with Crippen LogP contribution in [-0.4, -0.2) is 32.6 Å². The van der Waals surface area contributed by atoms with Crippen molar-refractivity contribution in [2.75, 3.05) is 7.05 Å². The van der Waals surface area contributed by atoms with Gasteiger partial charge in [0.25, 0.3) is 5.91 Å². The molecule has 1 amide bonds. The number of hydrogen-bond donors (Lipinski definition) is 0. The zero-order chi connectivity index (χ0) is 14.9. The molecule has 0 aliphatic heterocycles. The second-order valence-electron chi connectivity index (χ2n) is 4.85. The van der Waals surface area contributed by atoms with Gasteiger partial charge in [-0.25, -0.2) is 0 Å². The number of aromatic nitrogens is 3. The normalized spacial score (nSPS) is 10.7. The molecule has 6 heteroatoms. The Morgan fingerprint density at radius 3 is 2.60 bits per heavy atom. The largest absolute Gasteiger partial charge is 0.334 e. The van der Waals surface area contributed by atoms with Crippen molar-refractivity contribution in [3.63, 3.8) is 0 Å². The Morgan fingerprint density at radius 1 is 1.35 bits per heavy atom. The summed E-state index contributed by atoms with van der Waals surface area (Å²) in [7, 11) is 3.66. The SMILES string of the molecule is Cc1ccc(C(=O)N(C)Cc2nnc(C)n2C)cc1Br. The lowest BCUT2D eigenvalue weighted by Crippen LogP contribution is -2.27. The van der Waals surface area contributed by atoms with Gasteiger partial charge in [-0.15, -0.1) is 10.2 Å². The summed E-state index contributed by atoms with van der Waals surface area (Å²) in [5.41, 5.74) is 1.76. The van der Waals surface area contributed by atoms with E-state index in [-0.39, 0.29) is 5.91 Å². The maximum absolute atomic E-state index is 12.4. The minimum atomic E-state index is -0.0358. The number of hydrogen-bond acceptors (Lipinski definition) is 3. The molecule has 2 aromatic rings. The zero-order valence-corrected chi connectivity index (χ0v) is 13.6. The molecule has 0 saturated carbocycles. The standard InChI is InChI=1S/C14H17BrN4O/c1-9-5-6-11(7-12(9)15)14(20)18(3)8-13-17-16-10(2)19(13)4/h5-7H,8H2,1-4H3. The number of rotatable bonds is 3. The average Bonchev–Trinajstić information content (AvgIpc) is 2.73. The molecule has 0 unspecified atom stereocenters. The van der Waals surface area contributed by atoms with Crippen molar-refractivity contribution in [3.05, 3.63) is 45.4 Å². The second kappa shape index (κ2) is 5.75. The Kier molecular flexibility index (Phi) is 4.23. The number of carbonyl (C=O) groups is 1. The molecular formula is C14H17BrN4O. The molecule has 0 fully saturated rings. The summed E-state index contributed by atoms with van der Waals surface area (Å²) >= 11 is 3.45. The van der Waals surface area contributed by atoms with E-state index in [1.54, 1.807) is 11.9 Å². The Balaban J connectivity index is 2.16. The summed E-state index contributed by atoms with van der Waals surface area (Å²) in [5.74, 6) is 1.56. The van der Waals surface area contributed by atoms with E-state index in [1.807, 2.05) is 43.7 Å². The van der Waals surface area contributed by atoms with Gasteiger partial charge >= 0.3 is 0 Å². The van der Waals surface area contributed by atoms with E-state index < -0.39 is 0 Å². The fourth-order valence-electron chi connectivity index (χ4n) is 1.82. The minimum Gasteiger partial charge on any atom is -0.334 e. The Morgan fingerprint density at radius 2 is 2.05 bits per heavy atom. The summed E-state index contributed by atoms with van der Waals surface area (Å²) in [6.07, 6.45) is 0. The molecule has 0 spiro atoms. The van der Waals surface area contributed by atoms with Gasteiger partial charge in [0.1, 0.15) is 5.82 Å². The van der Waals surface area contributed by atoms with E-state index in [4.69, 9.17) is 0 Å². The number of carbonyl (C=O) groups excluding carboxylic acids is 1. The fourth-order valence-corrected chi connectivity index (χ4v) is 2.20. The van der Waals surface area contributed by atoms with Crippen LogP contribution in [0.5, 0.6) is 0 Å². The Hall–Kier alpha value is -1.69. The number of amides is 1. The zero-order valence-electron chi connectivity index (χ0n) is 12.0. The van der Waals surface area contributed by atoms with Gasteiger partial charge in [0.2, 0.25) is 0 Å². The number of nitrogens with zero attached hydrogens (tertiary/aromatic N) is 4. The van der Waals surface area contributed by atoms with Crippen LogP contribution in [0.3, 0.4) is 0 Å². The van der Waals surface area contributed by atoms with Gasteiger partial charge in [0.15, 0.2) is 5.82 Å². The highest BCUT2D eigenvalue weighted by molar-refractivity contribution is 9.10. The molecule has 0 radical (unpaired) electrons. The lowest BCUT2D eigenvalue weighted by molar-refractivity contribution is 0.0780. The van der Waals surface area contributed by atoms with Crippen LogP contribution in [0.25, 0.3) is 0 Å². The molecule has 0 aliphatic carbocycles. The predicted molar refractivity (Wildman–Crippen MR) is 80.4 cm³/mol. The molecule has 1 aromatic heterocycles. The van der Waals surface area contributed by atoms with Crippen molar-refractivity contribution in [2.45, 2.75) is 20.4 Å². The molecule has 0 bridgehead atoms. The van der Waals surface area contributed by atoms with Gasteiger partial charge < -0.3 is 9.47 Å². The summed E-state index contributed by atoms with van der Waals surface area (Å²) in [6.45, 7) is 4.31. The van der Waals surface area contributed by atoms with Crippen LogP contribution < -0.4 is 0 Å². The van der Waals surface area contributed by atoms with Crippen LogP contribution in [0.15, 0.2) is 22.7 Å². The third-order valence-corrected chi connectivity index (χ3v) is 4.18. The molecule has 106 valence electrons. The fraction of sp³-hybridized carbons (Fsp3) is 0.357. The lowest BCUT2D eigenvalue weighted by atomic mass is 10.1. The van der Waals surface area contributed by atoms with Gasteiger partial charge in [-0.2, -0.15) is 0 Å². The van der Waals surface area contributed by atoms with Crippen LogP contribution >= 0.6 is 15.9 Å². The second-order valence-corrected chi connectivity index (χ2v) is 5.70. The number of benzene rings is 1. The first-order chi connectivity index (χ1) is 9.40. The molecule has 2 rings (SSSR count). The molecular weight excluding hydrogens is 320 g/mol. The number of halogens is 1. The van der Waals surface area contributed by atoms with Gasteiger partial charge in [-0.1, -0.05) is 22.0 Å². The van der Waals surface area contributed by atoms with Crippen LogP contribution in [0.2, 0.25) is 0 Å². The van der Waals surface area contributed by atoms with Crippen molar-refractivity contribution in [2.24, 2.45) is 7.05 Å². The molecule has 1 aromatic carbocycles. The van der Waals surface area contributed by atoms with Crippen LogP contribution in [0.1, 0.15) is 27.6 Å². The van der Waals surface area contributed by atoms with Gasteiger partial charge in [-0.05, 0) is 31.5 Å². The Labute approximate surface area is 126 Å². The van der Waals surface area contributed by atoms with Crippen LogP contribution in [0, 0.1) is 13.8 Å². The third-order valence-electron chi connectivity index (χ3n) is 3.33. The minimum absolute atomic E-state index is 0.0358. The van der Waals surface area contributed by atoms with E-state index >= 15 is 0 Å². The summed E-state index contributed by atoms with van der Waals surface area (Å²) in [6, 6.07) is 5.61. The lowest BCUT2D eigenvalue weighted by Gasteiger charge is -2.17. The first-order valence-electron chi connectivity index (χ1n) is 6.26. The Bertz CT molecular complexity index is 651. The highest BCUT2D eigenvalue weighted by Gasteiger charge is 2.15. The molecule has 5 nitrogen and oxygen atoms in total. The van der Waals surface area contributed by atoms with Crippen LogP contribution in [0.4, 0.5) is 0 Å². The average molecular weight is 337 g/mol. The first kappa shape index (κ1) is 14.7. The van der Waals surface area contributed by atoms with E-state index in [0.29, 0.717) is 12.1 Å².